The third kappa shape index (κ3) is 4.69. The minimum absolute atomic E-state index is 0. The first-order valence-corrected chi connectivity index (χ1v) is 9.31. The van der Waals surface area contributed by atoms with Gasteiger partial charge in [0.1, 0.15) is 0 Å². The SMILES string of the molecule is Cc1noc2nc(C(C)C)cc(C(=O)N(CCN)CCc3ccccc3)c12.Cl. The second-order valence-electron chi connectivity index (χ2n) is 7.01. The molecule has 0 saturated carbocycles. The Bertz CT molecular complexity index is 925. The van der Waals surface area contributed by atoms with Gasteiger partial charge >= 0.3 is 0 Å². The fourth-order valence-electron chi connectivity index (χ4n) is 3.13. The molecule has 0 fully saturated rings. The Hall–Kier alpha value is -2.44. The summed E-state index contributed by atoms with van der Waals surface area (Å²) in [6.45, 7) is 7.42. The number of nitrogens with zero attached hydrogens (tertiary/aromatic N) is 3. The molecule has 0 aliphatic heterocycles. The van der Waals surface area contributed by atoms with E-state index in [4.69, 9.17) is 10.3 Å². The average Bonchev–Trinajstić information content (AvgIpc) is 3.05. The number of rotatable bonds is 7. The van der Waals surface area contributed by atoms with Crippen molar-refractivity contribution in [2.75, 3.05) is 19.6 Å². The third-order valence-electron chi connectivity index (χ3n) is 4.66. The molecule has 2 N–H and O–H groups in total. The first-order chi connectivity index (χ1) is 13.0. The summed E-state index contributed by atoms with van der Waals surface area (Å²) in [6.07, 6.45) is 0.778. The molecule has 2 aromatic heterocycles. The summed E-state index contributed by atoms with van der Waals surface area (Å²) in [6, 6.07) is 12.0. The van der Waals surface area contributed by atoms with Crippen molar-refractivity contribution in [2.45, 2.75) is 33.1 Å². The highest BCUT2D eigenvalue weighted by atomic mass is 35.5. The zero-order valence-electron chi connectivity index (χ0n) is 16.5. The van der Waals surface area contributed by atoms with Gasteiger partial charge in [0.2, 0.25) is 0 Å². The molecule has 0 aliphatic carbocycles. The number of halogens is 1. The Morgan fingerprint density at radius 3 is 2.57 bits per heavy atom. The van der Waals surface area contributed by atoms with E-state index in [1.54, 1.807) is 4.90 Å². The van der Waals surface area contributed by atoms with Crippen molar-refractivity contribution in [1.82, 2.24) is 15.0 Å². The second kappa shape index (κ2) is 9.66. The molecule has 3 rings (SSSR count). The largest absolute Gasteiger partial charge is 0.337 e. The lowest BCUT2D eigenvalue weighted by atomic mass is 10.0. The lowest BCUT2D eigenvalue weighted by Crippen LogP contribution is -2.37. The van der Waals surface area contributed by atoms with Crippen molar-refractivity contribution in [2.24, 2.45) is 5.73 Å². The number of aromatic nitrogens is 2. The molecule has 0 radical (unpaired) electrons. The highest BCUT2D eigenvalue weighted by Crippen LogP contribution is 2.26. The summed E-state index contributed by atoms with van der Waals surface area (Å²) in [5.41, 5.74) is 9.46. The van der Waals surface area contributed by atoms with Crippen molar-refractivity contribution >= 4 is 29.4 Å². The molecule has 7 heteroatoms. The van der Waals surface area contributed by atoms with Crippen molar-refractivity contribution in [3.05, 3.63) is 58.9 Å². The quantitative estimate of drug-likeness (QED) is 0.650. The molecule has 0 aliphatic rings. The van der Waals surface area contributed by atoms with E-state index in [0.29, 0.717) is 42.0 Å². The molecule has 3 aromatic rings. The summed E-state index contributed by atoms with van der Waals surface area (Å²) in [5, 5.41) is 4.69. The fraction of sp³-hybridized carbons (Fsp3) is 0.381. The number of amides is 1. The highest BCUT2D eigenvalue weighted by molar-refractivity contribution is 6.06. The standard InChI is InChI=1S/C21H26N4O2.ClH/c1-14(2)18-13-17(19-15(3)24-27-20(19)23-18)21(26)25(12-10-22)11-9-16-7-5-4-6-8-16;/h4-8,13-14H,9-12,22H2,1-3H3;1H. The molecule has 1 aromatic carbocycles. The zero-order valence-corrected chi connectivity index (χ0v) is 17.3. The van der Waals surface area contributed by atoms with E-state index >= 15 is 0 Å². The minimum Gasteiger partial charge on any atom is -0.337 e. The predicted octanol–water partition coefficient (Wildman–Crippen LogP) is 3.72. The molecule has 2 heterocycles. The van der Waals surface area contributed by atoms with Crippen LogP contribution in [0, 0.1) is 6.92 Å². The fourth-order valence-corrected chi connectivity index (χ4v) is 3.13. The van der Waals surface area contributed by atoms with E-state index in [1.165, 1.54) is 5.56 Å². The smallest absolute Gasteiger partial charge is 0.259 e. The molecule has 150 valence electrons. The lowest BCUT2D eigenvalue weighted by molar-refractivity contribution is 0.0763. The molecule has 6 nitrogen and oxygen atoms in total. The third-order valence-corrected chi connectivity index (χ3v) is 4.66. The summed E-state index contributed by atoms with van der Waals surface area (Å²) < 4.78 is 5.34. The first-order valence-electron chi connectivity index (χ1n) is 9.31. The molecule has 0 saturated heterocycles. The van der Waals surface area contributed by atoms with Gasteiger partial charge in [-0.15, -0.1) is 12.4 Å². The van der Waals surface area contributed by atoms with Gasteiger partial charge in [-0.25, -0.2) is 4.98 Å². The lowest BCUT2D eigenvalue weighted by Gasteiger charge is -2.23. The van der Waals surface area contributed by atoms with Crippen LogP contribution < -0.4 is 5.73 Å². The Morgan fingerprint density at radius 1 is 1.21 bits per heavy atom. The summed E-state index contributed by atoms with van der Waals surface area (Å²) in [4.78, 5) is 19.7. The molecular weight excluding hydrogens is 376 g/mol. The van der Waals surface area contributed by atoms with Crippen molar-refractivity contribution in [3.63, 3.8) is 0 Å². The molecule has 28 heavy (non-hydrogen) atoms. The maximum absolute atomic E-state index is 13.4. The molecular formula is C21H27ClN4O2. The van der Waals surface area contributed by atoms with Crippen LogP contribution in [0.25, 0.3) is 11.1 Å². The van der Waals surface area contributed by atoms with Crippen molar-refractivity contribution in [1.29, 1.82) is 0 Å². The van der Waals surface area contributed by atoms with E-state index in [2.05, 4.69) is 22.3 Å². The molecule has 1 amide bonds. The number of aryl methyl sites for hydroxylation is 1. The number of hydrogen-bond donors (Lipinski definition) is 1. The van der Waals surface area contributed by atoms with Crippen LogP contribution >= 0.6 is 12.4 Å². The van der Waals surface area contributed by atoms with Gasteiger partial charge in [-0.05, 0) is 30.9 Å². The van der Waals surface area contributed by atoms with Gasteiger partial charge in [0.05, 0.1) is 16.6 Å². The van der Waals surface area contributed by atoms with Gasteiger partial charge in [-0.1, -0.05) is 49.3 Å². The Balaban J connectivity index is 0.00000280. The van der Waals surface area contributed by atoms with Gasteiger partial charge in [0.15, 0.2) is 0 Å². The Morgan fingerprint density at radius 2 is 1.93 bits per heavy atom. The summed E-state index contributed by atoms with van der Waals surface area (Å²) in [7, 11) is 0. The number of benzene rings is 1. The number of carbonyl (C=O) groups excluding carboxylic acids is 1. The molecule has 0 atom stereocenters. The number of carbonyl (C=O) groups is 1. The van der Waals surface area contributed by atoms with Crippen LogP contribution in [0.3, 0.4) is 0 Å². The summed E-state index contributed by atoms with van der Waals surface area (Å²) >= 11 is 0. The second-order valence-corrected chi connectivity index (χ2v) is 7.01. The maximum Gasteiger partial charge on any atom is 0.259 e. The van der Waals surface area contributed by atoms with Crippen molar-refractivity contribution < 1.29 is 9.32 Å². The monoisotopic (exact) mass is 402 g/mol. The topological polar surface area (TPSA) is 85.2 Å². The van der Waals surface area contributed by atoms with Crippen LogP contribution in [0.4, 0.5) is 0 Å². The van der Waals surface area contributed by atoms with Gasteiger partial charge in [-0.3, -0.25) is 4.79 Å². The average molecular weight is 403 g/mol. The van der Waals surface area contributed by atoms with Gasteiger partial charge in [-0.2, -0.15) is 0 Å². The minimum atomic E-state index is -0.0584. The number of hydrogen-bond acceptors (Lipinski definition) is 5. The maximum atomic E-state index is 13.4. The normalized spacial score (nSPS) is 10.9. The van der Waals surface area contributed by atoms with E-state index < -0.39 is 0 Å². The Kier molecular flexibility index (Phi) is 7.54. The summed E-state index contributed by atoms with van der Waals surface area (Å²) in [5.74, 6) is 0.121. The predicted molar refractivity (Wildman–Crippen MR) is 113 cm³/mol. The number of pyridine rings is 1. The molecule has 0 bridgehead atoms. The van der Waals surface area contributed by atoms with Gasteiger partial charge in [0.25, 0.3) is 11.6 Å². The van der Waals surface area contributed by atoms with Crippen LogP contribution in [0.1, 0.15) is 47.1 Å². The zero-order chi connectivity index (χ0) is 19.4. The van der Waals surface area contributed by atoms with Gasteiger partial charge in [0, 0.05) is 25.3 Å². The molecule has 0 unspecified atom stereocenters. The van der Waals surface area contributed by atoms with Gasteiger partial charge < -0.3 is 15.2 Å². The number of fused-ring (bicyclic) bond motifs is 1. The van der Waals surface area contributed by atoms with E-state index in [0.717, 1.165) is 12.1 Å². The van der Waals surface area contributed by atoms with Crippen molar-refractivity contribution in [3.8, 4) is 0 Å². The van der Waals surface area contributed by atoms with Crippen LogP contribution in [0.5, 0.6) is 0 Å². The van der Waals surface area contributed by atoms with Crippen LogP contribution in [-0.4, -0.2) is 40.6 Å². The van der Waals surface area contributed by atoms with Crippen LogP contribution in [0.2, 0.25) is 0 Å². The van der Waals surface area contributed by atoms with E-state index in [1.807, 2.05) is 45.0 Å². The highest BCUT2D eigenvalue weighted by Gasteiger charge is 2.23. The van der Waals surface area contributed by atoms with E-state index in [-0.39, 0.29) is 24.2 Å². The Labute approximate surface area is 171 Å². The van der Waals surface area contributed by atoms with Crippen LogP contribution in [0.15, 0.2) is 40.9 Å². The van der Waals surface area contributed by atoms with E-state index in [9.17, 15) is 4.79 Å². The number of nitrogens with two attached hydrogens (primary N) is 1. The first kappa shape index (κ1) is 21.9. The van der Waals surface area contributed by atoms with Crippen LogP contribution in [-0.2, 0) is 6.42 Å². The molecule has 0 spiro atoms.